The fourth-order valence-corrected chi connectivity index (χ4v) is 2.51. The van der Waals surface area contributed by atoms with Crippen LogP contribution < -0.4 is 20.5 Å². The molecule has 0 aromatic heterocycles. The Morgan fingerprint density at radius 1 is 1.29 bits per heavy atom. The van der Waals surface area contributed by atoms with E-state index >= 15 is 0 Å². The van der Waals surface area contributed by atoms with E-state index in [-0.39, 0.29) is 12.0 Å². The summed E-state index contributed by atoms with van der Waals surface area (Å²) in [6.07, 6.45) is 0.889. The monoisotopic (exact) mass is 292 g/mol. The maximum Gasteiger partial charge on any atom is 0.240 e. The molecule has 114 valence electrons. The highest BCUT2D eigenvalue weighted by Gasteiger charge is 2.36. The van der Waals surface area contributed by atoms with E-state index in [4.69, 9.17) is 19.9 Å². The van der Waals surface area contributed by atoms with Crippen molar-refractivity contribution in [1.82, 2.24) is 5.32 Å². The molecule has 3 rings (SSSR count). The Kier molecular flexibility index (Phi) is 3.98. The predicted molar refractivity (Wildman–Crippen MR) is 76.3 cm³/mol. The molecule has 2 heterocycles. The van der Waals surface area contributed by atoms with Crippen molar-refractivity contribution in [3.63, 3.8) is 0 Å². The first-order valence-corrected chi connectivity index (χ1v) is 7.21. The van der Waals surface area contributed by atoms with E-state index in [2.05, 4.69) is 5.32 Å². The second-order valence-corrected chi connectivity index (χ2v) is 5.48. The van der Waals surface area contributed by atoms with Crippen LogP contribution >= 0.6 is 0 Å². The van der Waals surface area contributed by atoms with Gasteiger partial charge in [0.15, 0.2) is 11.5 Å². The van der Waals surface area contributed by atoms with Crippen LogP contribution in [-0.4, -0.2) is 43.9 Å². The maximum atomic E-state index is 12.2. The molecule has 1 aromatic rings. The van der Waals surface area contributed by atoms with Gasteiger partial charge >= 0.3 is 0 Å². The smallest absolute Gasteiger partial charge is 0.240 e. The largest absolute Gasteiger partial charge is 0.486 e. The highest BCUT2D eigenvalue weighted by Crippen LogP contribution is 2.30. The number of fused-ring (bicyclic) bond motifs is 1. The van der Waals surface area contributed by atoms with E-state index in [0.717, 1.165) is 5.75 Å². The van der Waals surface area contributed by atoms with Crippen LogP contribution in [0, 0.1) is 0 Å². The van der Waals surface area contributed by atoms with Crippen LogP contribution in [0.3, 0.4) is 0 Å². The van der Waals surface area contributed by atoms with Crippen LogP contribution in [-0.2, 0) is 9.53 Å². The lowest BCUT2D eigenvalue weighted by atomic mass is 9.90. The molecule has 2 aliphatic rings. The number of nitrogens with two attached hydrogens (primary N) is 1. The Balaban J connectivity index is 1.53. The molecule has 0 radical (unpaired) electrons. The van der Waals surface area contributed by atoms with Crippen molar-refractivity contribution < 1.29 is 19.0 Å². The molecule has 6 heteroatoms. The van der Waals surface area contributed by atoms with Crippen LogP contribution in [0.5, 0.6) is 11.5 Å². The van der Waals surface area contributed by atoms with Gasteiger partial charge in [0, 0.05) is 13.2 Å². The van der Waals surface area contributed by atoms with E-state index in [9.17, 15) is 4.79 Å². The molecular formula is C15H20N2O4. The molecular weight excluding hydrogens is 272 g/mol. The van der Waals surface area contributed by atoms with Crippen LogP contribution in [0.25, 0.3) is 0 Å². The number of para-hydroxylation sites is 2. The molecule has 6 nitrogen and oxygen atoms in total. The quantitative estimate of drug-likeness (QED) is 0.845. The molecule has 0 aliphatic carbocycles. The van der Waals surface area contributed by atoms with Gasteiger partial charge in [0.05, 0.1) is 12.1 Å². The lowest BCUT2D eigenvalue weighted by molar-refractivity contribution is -0.130. The van der Waals surface area contributed by atoms with Gasteiger partial charge < -0.3 is 25.3 Å². The first-order valence-electron chi connectivity index (χ1n) is 7.21. The molecule has 1 amide bonds. The van der Waals surface area contributed by atoms with Crippen LogP contribution in [0.1, 0.15) is 12.8 Å². The number of carbonyl (C=O) groups excluding carboxylic acids is 1. The van der Waals surface area contributed by atoms with Crippen LogP contribution in [0.15, 0.2) is 24.3 Å². The molecule has 0 saturated carbocycles. The molecule has 1 fully saturated rings. The van der Waals surface area contributed by atoms with Crippen LogP contribution in [0.4, 0.5) is 0 Å². The third-order valence-corrected chi connectivity index (χ3v) is 3.90. The molecule has 1 unspecified atom stereocenters. The zero-order chi connectivity index (χ0) is 14.7. The first-order chi connectivity index (χ1) is 10.2. The topological polar surface area (TPSA) is 82.8 Å². The fraction of sp³-hybridized carbons (Fsp3) is 0.533. The molecule has 1 atom stereocenters. The summed E-state index contributed by atoms with van der Waals surface area (Å²) in [5.41, 5.74) is 5.30. The number of hydrogen-bond donors (Lipinski definition) is 2. The minimum absolute atomic E-state index is 0.145. The average Bonchev–Trinajstić information content (AvgIpc) is 2.53. The van der Waals surface area contributed by atoms with Crippen molar-refractivity contribution in [2.75, 3.05) is 26.4 Å². The lowest BCUT2D eigenvalue weighted by Crippen LogP contribution is -2.58. The summed E-state index contributed by atoms with van der Waals surface area (Å²) in [5.74, 6) is 1.30. The highest BCUT2D eigenvalue weighted by molar-refractivity contribution is 5.86. The first kappa shape index (κ1) is 14.2. The summed E-state index contributed by atoms with van der Waals surface area (Å²) in [5, 5.41) is 2.87. The normalized spacial score (nSPS) is 23.4. The minimum Gasteiger partial charge on any atom is -0.486 e. The molecule has 3 N–H and O–H groups in total. The third kappa shape index (κ3) is 3.11. The zero-order valence-corrected chi connectivity index (χ0v) is 11.8. The van der Waals surface area contributed by atoms with Gasteiger partial charge in [0.1, 0.15) is 12.7 Å². The van der Waals surface area contributed by atoms with Gasteiger partial charge in [-0.1, -0.05) is 12.1 Å². The van der Waals surface area contributed by atoms with Crippen molar-refractivity contribution in [3.05, 3.63) is 24.3 Å². The highest BCUT2D eigenvalue weighted by atomic mass is 16.6. The molecule has 0 spiro atoms. The summed E-state index contributed by atoms with van der Waals surface area (Å²) < 4.78 is 16.7. The van der Waals surface area contributed by atoms with Gasteiger partial charge in [-0.2, -0.15) is 0 Å². The Morgan fingerprint density at radius 3 is 2.76 bits per heavy atom. The summed E-state index contributed by atoms with van der Waals surface area (Å²) >= 11 is 0. The number of benzene rings is 1. The molecule has 0 bridgehead atoms. The van der Waals surface area contributed by atoms with Gasteiger partial charge in [0.2, 0.25) is 5.91 Å². The van der Waals surface area contributed by atoms with Gasteiger partial charge in [-0.05, 0) is 25.0 Å². The molecule has 1 aromatic carbocycles. The Hall–Kier alpha value is -1.79. The Bertz CT molecular complexity index is 514. The van der Waals surface area contributed by atoms with Crippen molar-refractivity contribution >= 4 is 5.91 Å². The maximum absolute atomic E-state index is 12.2. The van der Waals surface area contributed by atoms with E-state index in [1.54, 1.807) is 0 Å². The van der Waals surface area contributed by atoms with E-state index in [0.29, 0.717) is 45.0 Å². The summed E-state index contributed by atoms with van der Waals surface area (Å²) in [6, 6.07) is 7.50. The second kappa shape index (κ2) is 5.91. The summed E-state index contributed by atoms with van der Waals surface area (Å²) in [4.78, 5) is 12.2. The summed E-state index contributed by atoms with van der Waals surface area (Å²) in [6.45, 7) is 1.85. The molecule has 21 heavy (non-hydrogen) atoms. The molecule has 1 saturated heterocycles. The lowest BCUT2D eigenvalue weighted by Gasteiger charge is -2.33. The van der Waals surface area contributed by atoms with Gasteiger partial charge in [-0.15, -0.1) is 0 Å². The predicted octanol–water partition coefficient (Wildman–Crippen LogP) is 0.450. The average molecular weight is 292 g/mol. The second-order valence-electron chi connectivity index (χ2n) is 5.48. The SMILES string of the molecule is NC1(C(=O)NCC2COc3ccccc3O2)CCOCC1. The van der Waals surface area contributed by atoms with Gasteiger partial charge in [-0.3, -0.25) is 4.79 Å². The number of amides is 1. The number of carbonyl (C=O) groups is 1. The minimum atomic E-state index is -0.828. The molecule has 2 aliphatic heterocycles. The van der Waals surface area contributed by atoms with E-state index < -0.39 is 5.54 Å². The number of ether oxygens (including phenoxy) is 3. The van der Waals surface area contributed by atoms with Crippen molar-refractivity contribution in [1.29, 1.82) is 0 Å². The van der Waals surface area contributed by atoms with E-state index in [1.807, 2.05) is 24.3 Å². The zero-order valence-electron chi connectivity index (χ0n) is 11.8. The van der Waals surface area contributed by atoms with Gasteiger partial charge in [-0.25, -0.2) is 0 Å². The van der Waals surface area contributed by atoms with Crippen molar-refractivity contribution in [2.45, 2.75) is 24.5 Å². The number of nitrogens with one attached hydrogen (secondary N) is 1. The Labute approximate surface area is 123 Å². The van der Waals surface area contributed by atoms with Crippen molar-refractivity contribution in [3.8, 4) is 11.5 Å². The van der Waals surface area contributed by atoms with Crippen LogP contribution in [0.2, 0.25) is 0 Å². The third-order valence-electron chi connectivity index (χ3n) is 3.90. The summed E-state index contributed by atoms with van der Waals surface area (Å²) in [7, 11) is 0. The Morgan fingerprint density at radius 2 is 2.00 bits per heavy atom. The van der Waals surface area contributed by atoms with Gasteiger partial charge in [0.25, 0.3) is 0 Å². The number of rotatable bonds is 3. The van der Waals surface area contributed by atoms with E-state index in [1.165, 1.54) is 0 Å². The fourth-order valence-electron chi connectivity index (χ4n) is 2.51. The standard InChI is InChI=1S/C15H20N2O4/c16-15(5-7-19-8-6-15)14(18)17-9-11-10-20-12-3-1-2-4-13(12)21-11/h1-4,11H,5-10,16H2,(H,17,18). The van der Waals surface area contributed by atoms with Crippen molar-refractivity contribution in [2.24, 2.45) is 5.73 Å². The number of hydrogen-bond acceptors (Lipinski definition) is 5.